The first kappa shape index (κ1) is 21.2. The van der Waals surface area contributed by atoms with Gasteiger partial charge in [-0.1, -0.05) is 19.0 Å². The van der Waals surface area contributed by atoms with Crippen LogP contribution in [-0.4, -0.2) is 36.2 Å². The molecule has 0 aliphatic heterocycles. The van der Waals surface area contributed by atoms with Gasteiger partial charge in [0.1, 0.15) is 0 Å². The van der Waals surface area contributed by atoms with Crippen LogP contribution in [-0.2, 0) is 6.54 Å². The first-order valence-electron chi connectivity index (χ1n) is 9.45. The molecule has 1 aromatic carbocycles. The molecule has 0 saturated carbocycles. The molecule has 0 aliphatic rings. The van der Waals surface area contributed by atoms with Crippen LogP contribution in [0.5, 0.6) is 0 Å². The van der Waals surface area contributed by atoms with E-state index in [1.807, 2.05) is 6.07 Å². The maximum atomic E-state index is 10.7. The fourth-order valence-electron chi connectivity index (χ4n) is 2.79. The zero-order valence-electron chi connectivity index (χ0n) is 16.6. The Hall–Kier alpha value is -3.10. The summed E-state index contributed by atoms with van der Waals surface area (Å²) in [7, 11) is 1.70. The highest BCUT2D eigenvalue weighted by Crippen LogP contribution is 2.22. The van der Waals surface area contributed by atoms with E-state index < -0.39 is 4.92 Å². The molecule has 9 heteroatoms. The van der Waals surface area contributed by atoms with E-state index in [4.69, 9.17) is 4.52 Å². The summed E-state index contributed by atoms with van der Waals surface area (Å²) in [4.78, 5) is 14.4. The third-order valence-corrected chi connectivity index (χ3v) is 4.46. The van der Waals surface area contributed by atoms with Gasteiger partial charge >= 0.3 is 0 Å². The zero-order valence-corrected chi connectivity index (χ0v) is 16.6. The summed E-state index contributed by atoms with van der Waals surface area (Å²) in [5, 5.41) is 24.4. The molecule has 1 heterocycles. The molecular weight excluding hydrogens is 360 g/mol. The van der Waals surface area contributed by atoms with Gasteiger partial charge in [-0.05, 0) is 25.0 Å². The molecule has 0 unspecified atom stereocenters. The Morgan fingerprint density at radius 1 is 1.21 bits per heavy atom. The number of nitrogens with zero attached hydrogens (tertiary/aromatic N) is 3. The van der Waals surface area contributed by atoms with E-state index in [2.05, 4.69) is 39.9 Å². The first-order chi connectivity index (χ1) is 13.6. The van der Waals surface area contributed by atoms with E-state index in [-0.39, 0.29) is 5.69 Å². The number of hydrogen-bond acceptors (Lipinski definition) is 6. The Morgan fingerprint density at radius 3 is 2.54 bits per heavy atom. The second kappa shape index (κ2) is 10.9. The average molecular weight is 388 g/mol. The predicted molar refractivity (Wildman–Crippen MR) is 110 cm³/mol. The van der Waals surface area contributed by atoms with Gasteiger partial charge in [0.05, 0.1) is 17.2 Å². The number of non-ortho nitro benzene ring substituents is 1. The molecule has 0 spiro atoms. The molecule has 9 nitrogen and oxygen atoms in total. The largest absolute Gasteiger partial charge is 0.383 e. The third kappa shape index (κ3) is 6.26. The zero-order chi connectivity index (χ0) is 20.4. The van der Waals surface area contributed by atoms with E-state index >= 15 is 0 Å². The lowest BCUT2D eigenvalue weighted by Gasteiger charge is -2.11. The second-order valence-corrected chi connectivity index (χ2v) is 6.31. The van der Waals surface area contributed by atoms with Crippen molar-refractivity contribution in [3.63, 3.8) is 0 Å². The second-order valence-electron chi connectivity index (χ2n) is 6.31. The molecule has 0 amide bonds. The molecule has 0 saturated heterocycles. The number of aromatic nitrogens is 1. The van der Waals surface area contributed by atoms with Gasteiger partial charge in [-0.25, -0.2) is 0 Å². The van der Waals surface area contributed by atoms with Gasteiger partial charge in [0, 0.05) is 49.9 Å². The van der Waals surface area contributed by atoms with Crippen molar-refractivity contribution in [2.75, 3.05) is 25.5 Å². The highest BCUT2D eigenvalue weighted by atomic mass is 16.6. The summed E-state index contributed by atoms with van der Waals surface area (Å²) < 4.78 is 5.40. The van der Waals surface area contributed by atoms with Gasteiger partial charge in [-0.3, -0.25) is 15.1 Å². The highest BCUT2D eigenvalue weighted by molar-refractivity contribution is 5.79. The van der Waals surface area contributed by atoms with E-state index in [0.29, 0.717) is 31.5 Å². The maximum absolute atomic E-state index is 10.7. The summed E-state index contributed by atoms with van der Waals surface area (Å²) in [6.07, 6.45) is 2.09. The van der Waals surface area contributed by atoms with Gasteiger partial charge in [0.15, 0.2) is 11.7 Å². The van der Waals surface area contributed by atoms with Crippen molar-refractivity contribution in [3.8, 4) is 0 Å². The Labute approximate surface area is 164 Å². The number of nitrogens with one attached hydrogen (secondary N) is 3. The topological polar surface area (TPSA) is 118 Å². The molecule has 0 fully saturated rings. The van der Waals surface area contributed by atoms with Crippen LogP contribution in [0, 0.1) is 10.1 Å². The number of benzene rings is 1. The summed E-state index contributed by atoms with van der Waals surface area (Å²) in [6, 6.07) is 8.32. The fourth-order valence-corrected chi connectivity index (χ4v) is 2.79. The van der Waals surface area contributed by atoms with Crippen molar-refractivity contribution in [1.82, 2.24) is 15.8 Å². The lowest BCUT2D eigenvalue weighted by molar-refractivity contribution is -0.384. The number of hydrogen-bond donors (Lipinski definition) is 3. The Kier molecular flexibility index (Phi) is 8.26. The maximum Gasteiger partial charge on any atom is 0.269 e. The molecule has 3 N–H and O–H groups in total. The number of anilines is 1. The molecule has 28 heavy (non-hydrogen) atoms. The van der Waals surface area contributed by atoms with Crippen molar-refractivity contribution in [3.05, 3.63) is 51.9 Å². The molecule has 152 valence electrons. The lowest BCUT2D eigenvalue weighted by atomic mass is 9.99. The van der Waals surface area contributed by atoms with E-state index in [9.17, 15) is 10.1 Å². The Morgan fingerprint density at radius 2 is 1.93 bits per heavy atom. The van der Waals surface area contributed by atoms with Gasteiger partial charge in [0.2, 0.25) is 0 Å². The number of guanidine groups is 1. The Bertz CT molecular complexity index is 768. The predicted octanol–water partition coefficient (Wildman–Crippen LogP) is 3.26. The molecule has 0 bridgehead atoms. The van der Waals surface area contributed by atoms with Crippen LogP contribution < -0.4 is 16.0 Å². The van der Waals surface area contributed by atoms with Crippen molar-refractivity contribution in [2.45, 2.75) is 39.2 Å². The fraction of sp³-hybridized carbons (Fsp3) is 0.474. The van der Waals surface area contributed by atoms with E-state index in [1.165, 1.54) is 12.1 Å². The van der Waals surface area contributed by atoms with Gasteiger partial charge in [0.25, 0.3) is 5.69 Å². The normalized spacial score (nSPS) is 11.5. The van der Waals surface area contributed by atoms with Crippen LogP contribution in [0.25, 0.3) is 0 Å². The number of nitro benzene ring substituents is 1. The van der Waals surface area contributed by atoms with Crippen LogP contribution in [0.1, 0.15) is 44.1 Å². The minimum atomic E-state index is -0.414. The molecule has 2 aromatic rings. The first-order valence-corrected chi connectivity index (χ1v) is 9.45. The van der Waals surface area contributed by atoms with Gasteiger partial charge in [-0.15, -0.1) is 0 Å². The monoisotopic (exact) mass is 388 g/mol. The average Bonchev–Trinajstić information content (AvgIpc) is 3.17. The SMILES string of the molecule is CCC(CC)c1cc(CNC(=NC)NCCNc2ccc([N+](=O)[O-])cc2)on1. The minimum absolute atomic E-state index is 0.0769. The van der Waals surface area contributed by atoms with Crippen LogP contribution in [0.3, 0.4) is 0 Å². The van der Waals surface area contributed by atoms with Gasteiger partial charge < -0.3 is 20.5 Å². The lowest BCUT2D eigenvalue weighted by Crippen LogP contribution is -2.39. The molecule has 1 aromatic heterocycles. The van der Waals surface area contributed by atoms with E-state index in [1.54, 1.807) is 19.2 Å². The standard InChI is InChI=1S/C19H28N6O3/c1-4-14(5-2)18-12-17(28-24-18)13-23-19(20-3)22-11-10-21-15-6-8-16(9-7-15)25(26)27/h6-9,12,14,21H,4-5,10-11,13H2,1-3H3,(H2,20,22,23). The van der Waals surface area contributed by atoms with Crippen molar-refractivity contribution >= 4 is 17.3 Å². The summed E-state index contributed by atoms with van der Waals surface area (Å²) >= 11 is 0. The van der Waals surface area contributed by atoms with Crippen molar-refractivity contribution < 1.29 is 9.45 Å². The smallest absolute Gasteiger partial charge is 0.269 e. The summed E-state index contributed by atoms with van der Waals surface area (Å²) in [5.41, 5.74) is 1.90. The Balaban J connectivity index is 1.72. The van der Waals surface area contributed by atoms with E-state index in [0.717, 1.165) is 30.0 Å². The molecule has 0 radical (unpaired) electrons. The van der Waals surface area contributed by atoms with Crippen molar-refractivity contribution in [1.29, 1.82) is 0 Å². The van der Waals surface area contributed by atoms with Crippen LogP contribution in [0.15, 0.2) is 39.8 Å². The molecule has 2 rings (SSSR count). The van der Waals surface area contributed by atoms with Crippen molar-refractivity contribution in [2.24, 2.45) is 4.99 Å². The van der Waals surface area contributed by atoms with Crippen LogP contribution in [0.4, 0.5) is 11.4 Å². The highest BCUT2D eigenvalue weighted by Gasteiger charge is 2.13. The number of nitro groups is 1. The third-order valence-electron chi connectivity index (χ3n) is 4.46. The van der Waals surface area contributed by atoms with Crippen LogP contribution >= 0.6 is 0 Å². The number of aliphatic imine (C=N–C) groups is 1. The minimum Gasteiger partial charge on any atom is -0.383 e. The molecule has 0 atom stereocenters. The molecular formula is C19H28N6O3. The quantitative estimate of drug-likeness (QED) is 0.188. The summed E-state index contributed by atoms with van der Waals surface area (Å²) in [5.74, 6) is 1.86. The molecule has 0 aliphatic carbocycles. The van der Waals surface area contributed by atoms with Crippen LogP contribution in [0.2, 0.25) is 0 Å². The van der Waals surface area contributed by atoms with Gasteiger partial charge in [-0.2, -0.15) is 0 Å². The summed E-state index contributed by atoms with van der Waals surface area (Å²) in [6.45, 7) is 6.07. The number of rotatable bonds is 10.